The molecule has 1 aromatic carbocycles. The van der Waals surface area contributed by atoms with Gasteiger partial charge < -0.3 is 9.47 Å². The van der Waals surface area contributed by atoms with Crippen LogP contribution in [0.3, 0.4) is 0 Å². The smallest absolute Gasteiger partial charge is 0.406 e. The fourth-order valence-corrected chi connectivity index (χ4v) is 3.31. The summed E-state index contributed by atoms with van der Waals surface area (Å²) in [7, 11) is -3.75. The molecular formula is C14H19F3N2O4S. The van der Waals surface area contributed by atoms with Gasteiger partial charge in [0.15, 0.2) is 0 Å². The van der Waals surface area contributed by atoms with Gasteiger partial charge in [-0.05, 0) is 37.2 Å². The van der Waals surface area contributed by atoms with Crippen molar-refractivity contribution in [2.75, 3.05) is 39.4 Å². The third-order valence-electron chi connectivity index (χ3n) is 3.41. The molecule has 0 spiro atoms. The number of nitrogens with zero attached hydrogens (tertiary/aromatic N) is 1. The minimum Gasteiger partial charge on any atom is -0.406 e. The Kier molecular flexibility index (Phi) is 6.44. The first-order valence-electron chi connectivity index (χ1n) is 7.42. The summed E-state index contributed by atoms with van der Waals surface area (Å²) in [4.78, 5) is 2.07. The van der Waals surface area contributed by atoms with Gasteiger partial charge in [0.05, 0.1) is 18.1 Å². The van der Waals surface area contributed by atoms with Gasteiger partial charge in [-0.3, -0.25) is 4.90 Å². The van der Waals surface area contributed by atoms with Crippen LogP contribution in [0.1, 0.15) is 6.42 Å². The molecule has 1 heterocycles. The lowest BCUT2D eigenvalue weighted by molar-refractivity contribution is -0.274. The molecule has 1 aliphatic heterocycles. The van der Waals surface area contributed by atoms with E-state index < -0.39 is 22.1 Å². The van der Waals surface area contributed by atoms with Crippen molar-refractivity contribution in [3.05, 3.63) is 24.3 Å². The fraction of sp³-hybridized carbons (Fsp3) is 0.571. The average Bonchev–Trinajstić information content (AvgIpc) is 2.52. The molecule has 0 bridgehead atoms. The van der Waals surface area contributed by atoms with Gasteiger partial charge in [-0.1, -0.05) is 0 Å². The molecule has 0 aromatic heterocycles. The van der Waals surface area contributed by atoms with Crippen molar-refractivity contribution in [1.29, 1.82) is 0 Å². The summed E-state index contributed by atoms with van der Waals surface area (Å²) in [5.41, 5.74) is 0. The van der Waals surface area contributed by atoms with Crippen LogP contribution in [0.2, 0.25) is 0 Å². The summed E-state index contributed by atoms with van der Waals surface area (Å²) in [6.45, 7) is 4.02. The Balaban J connectivity index is 1.81. The topological polar surface area (TPSA) is 67.9 Å². The number of nitrogens with one attached hydrogen (secondary N) is 1. The Labute approximate surface area is 138 Å². The molecule has 1 fully saturated rings. The molecule has 1 aromatic rings. The van der Waals surface area contributed by atoms with E-state index in [9.17, 15) is 21.6 Å². The highest BCUT2D eigenvalue weighted by atomic mass is 32.2. The van der Waals surface area contributed by atoms with E-state index in [2.05, 4.69) is 14.4 Å². The molecule has 0 unspecified atom stereocenters. The van der Waals surface area contributed by atoms with E-state index in [4.69, 9.17) is 4.74 Å². The highest BCUT2D eigenvalue weighted by Crippen LogP contribution is 2.23. The number of rotatable bonds is 7. The van der Waals surface area contributed by atoms with Gasteiger partial charge in [0.2, 0.25) is 10.0 Å². The summed E-state index contributed by atoms with van der Waals surface area (Å²) in [6, 6.07) is 4.09. The average molecular weight is 368 g/mol. The number of hydrogen-bond donors (Lipinski definition) is 1. The Morgan fingerprint density at radius 1 is 1.17 bits per heavy atom. The van der Waals surface area contributed by atoms with Crippen LogP contribution in [0.15, 0.2) is 29.2 Å². The van der Waals surface area contributed by atoms with Crippen molar-refractivity contribution in [2.45, 2.75) is 17.7 Å². The second-order valence-corrected chi connectivity index (χ2v) is 6.99. The number of alkyl halides is 3. The highest BCUT2D eigenvalue weighted by molar-refractivity contribution is 7.89. The van der Waals surface area contributed by atoms with Crippen molar-refractivity contribution in [3.63, 3.8) is 0 Å². The number of hydrogen-bond acceptors (Lipinski definition) is 5. The summed E-state index contributed by atoms with van der Waals surface area (Å²) in [5.74, 6) is -0.464. The molecule has 136 valence electrons. The largest absolute Gasteiger partial charge is 0.573 e. The fourth-order valence-electron chi connectivity index (χ4n) is 2.24. The number of benzene rings is 1. The van der Waals surface area contributed by atoms with Gasteiger partial charge in [0, 0.05) is 19.6 Å². The molecular weight excluding hydrogens is 349 g/mol. The number of morpholine rings is 1. The van der Waals surface area contributed by atoms with E-state index in [1.54, 1.807) is 0 Å². The van der Waals surface area contributed by atoms with E-state index in [0.717, 1.165) is 43.9 Å². The Morgan fingerprint density at radius 2 is 1.79 bits per heavy atom. The predicted octanol–water partition coefficient (Wildman–Crippen LogP) is 1.59. The van der Waals surface area contributed by atoms with E-state index in [-0.39, 0.29) is 11.4 Å². The van der Waals surface area contributed by atoms with Crippen molar-refractivity contribution < 1.29 is 31.1 Å². The van der Waals surface area contributed by atoms with Gasteiger partial charge in [-0.25, -0.2) is 13.1 Å². The third-order valence-corrected chi connectivity index (χ3v) is 4.89. The first-order chi connectivity index (χ1) is 11.3. The van der Waals surface area contributed by atoms with Crippen LogP contribution in [-0.4, -0.2) is 59.1 Å². The normalized spacial score (nSPS) is 17.0. The van der Waals surface area contributed by atoms with Crippen molar-refractivity contribution in [3.8, 4) is 5.75 Å². The second kappa shape index (κ2) is 8.15. The van der Waals surface area contributed by atoms with Crippen molar-refractivity contribution in [2.24, 2.45) is 0 Å². The second-order valence-electron chi connectivity index (χ2n) is 5.22. The predicted molar refractivity (Wildman–Crippen MR) is 80.2 cm³/mol. The molecule has 2 rings (SSSR count). The molecule has 24 heavy (non-hydrogen) atoms. The van der Waals surface area contributed by atoms with Crippen LogP contribution in [0, 0.1) is 0 Å². The van der Waals surface area contributed by atoms with Crippen LogP contribution >= 0.6 is 0 Å². The first-order valence-corrected chi connectivity index (χ1v) is 8.90. The van der Waals surface area contributed by atoms with Gasteiger partial charge in [-0.2, -0.15) is 0 Å². The van der Waals surface area contributed by atoms with Crippen molar-refractivity contribution >= 4 is 10.0 Å². The molecule has 1 saturated heterocycles. The maximum Gasteiger partial charge on any atom is 0.573 e. The number of halogens is 3. The zero-order valence-electron chi connectivity index (χ0n) is 12.9. The number of ether oxygens (including phenoxy) is 2. The lowest BCUT2D eigenvalue weighted by Gasteiger charge is -2.26. The maximum absolute atomic E-state index is 12.1. The summed E-state index contributed by atoms with van der Waals surface area (Å²) in [6.07, 6.45) is -4.17. The Hall–Kier alpha value is -1.36. The van der Waals surface area contributed by atoms with E-state index >= 15 is 0 Å². The van der Waals surface area contributed by atoms with Crippen LogP contribution in [0.5, 0.6) is 5.75 Å². The van der Waals surface area contributed by atoms with Crippen LogP contribution in [0.4, 0.5) is 13.2 Å². The zero-order valence-corrected chi connectivity index (χ0v) is 13.7. The van der Waals surface area contributed by atoms with E-state index in [1.807, 2.05) is 0 Å². The van der Waals surface area contributed by atoms with Crippen LogP contribution in [0.25, 0.3) is 0 Å². The monoisotopic (exact) mass is 368 g/mol. The van der Waals surface area contributed by atoms with Gasteiger partial charge in [0.25, 0.3) is 0 Å². The third kappa shape index (κ3) is 6.27. The minimum atomic E-state index is -4.81. The summed E-state index contributed by atoms with van der Waals surface area (Å²) < 4.78 is 71.7. The molecule has 1 N–H and O–H groups in total. The maximum atomic E-state index is 12.1. The SMILES string of the molecule is O=S(=O)(NCCCN1CCOCC1)c1ccc(OC(F)(F)F)cc1. The molecule has 1 aliphatic rings. The zero-order chi connectivity index (χ0) is 17.6. The van der Waals surface area contributed by atoms with Crippen LogP contribution in [-0.2, 0) is 14.8 Å². The molecule has 0 radical (unpaired) electrons. The molecule has 0 aliphatic carbocycles. The standard InChI is InChI=1S/C14H19F3N2O4S/c15-14(16,17)23-12-2-4-13(5-3-12)24(20,21)18-6-1-7-19-8-10-22-11-9-19/h2-5,18H,1,6-11H2. The van der Waals surface area contributed by atoms with Gasteiger partial charge in [0.1, 0.15) is 5.75 Å². The van der Waals surface area contributed by atoms with Crippen molar-refractivity contribution in [1.82, 2.24) is 9.62 Å². The molecule has 0 saturated carbocycles. The first kappa shape index (κ1) is 19.0. The Bertz CT molecular complexity index is 614. The molecule has 10 heteroatoms. The minimum absolute atomic E-state index is 0.108. The van der Waals surface area contributed by atoms with E-state index in [0.29, 0.717) is 19.6 Å². The number of sulfonamides is 1. The van der Waals surface area contributed by atoms with Gasteiger partial charge >= 0.3 is 6.36 Å². The lowest BCUT2D eigenvalue weighted by atomic mass is 10.3. The Morgan fingerprint density at radius 3 is 2.38 bits per heavy atom. The summed E-state index contributed by atoms with van der Waals surface area (Å²) in [5, 5.41) is 0. The van der Waals surface area contributed by atoms with Gasteiger partial charge in [-0.15, -0.1) is 13.2 Å². The molecule has 6 nitrogen and oxygen atoms in total. The highest BCUT2D eigenvalue weighted by Gasteiger charge is 2.31. The lowest BCUT2D eigenvalue weighted by Crippen LogP contribution is -2.38. The quantitative estimate of drug-likeness (QED) is 0.741. The molecule has 0 amide bonds. The van der Waals surface area contributed by atoms with E-state index in [1.165, 1.54) is 0 Å². The molecule has 0 atom stereocenters. The summed E-state index contributed by atoms with van der Waals surface area (Å²) >= 11 is 0. The van der Waals surface area contributed by atoms with Crippen LogP contribution < -0.4 is 9.46 Å².